The van der Waals surface area contributed by atoms with Gasteiger partial charge >= 0.3 is 0 Å². The Morgan fingerprint density at radius 1 is 1.26 bits per heavy atom. The SMILES string of the molecule is CN=C(NCCCOC)NCc1cnn(-c2ccccc2)c1.I. The Hall–Kier alpha value is -1.61. The molecule has 0 aliphatic rings. The van der Waals surface area contributed by atoms with Crippen LogP contribution in [0.2, 0.25) is 0 Å². The number of benzene rings is 1. The van der Waals surface area contributed by atoms with Crippen molar-refractivity contribution in [1.29, 1.82) is 0 Å². The lowest BCUT2D eigenvalue weighted by atomic mass is 10.3. The van der Waals surface area contributed by atoms with Gasteiger partial charge in [0.1, 0.15) is 0 Å². The first-order valence-electron chi connectivity index (χ1n) is 7.36. The summed E-state index contributed by atoms with van der Waals surface area (Å²) in [6.07, 6.45) is 4.82. The third-order valence-corrected chi connectivity index (χ3v) is 3.16. The highest BCUT2D eigenvalue weighted by Crippen LogP contribution is 2.07. The fourth-order valence-corrected chi connectivity index (χ4v) is 2.00. The van der Waals surface area contributed by atoms with Crippen molar-refractivity contribution in [3.05, 3.63) is 48.3 Å². The van der Waals surface area contributed by atoms with Gasteiger partial charge in [-0.05, 0) is 18.6 Å². The number of halogens is 1. The van der Waals surface area contributed by atoms with Crippen LogP contribution >= 0.6 is 24.0 Å². The lowest BCUT2D eigenvalue weighted by molar-refractivity contribution is 0.195. The standard InChI is InChI=1S/C16H23N5O.HI/c1-17-16(18-9-6-10-22-2)19-11-14-12-20-21(13-14)15-7-4-3-5-8-15;/h3-5,7-8,12-13H,6,9-11H2,1-2H3,(H2,17,18,19);1H. The first-order chi connectivity index (χ1) is 10.8. The first kappa shape index (κ1) is 19.4. The summed E-state index contributed by atoms with van der Waals surface area (Å²) in [5, 5.41) is 10.9. The molecule has 126 valence electrons. The van der Waals surface area contributed by atoms with E-state index in [2.05, 4.69) is 20.7 Å². The van der Waals surface area contributed by atoms with Crippen molar-refractivity contribution in [2.24, 2.45) is 4.99 Å². The molecule has 0 fully saturated rings. The molecule has 0 aliphatic heterocycles. The molecular formula is C16H24IN5O. The maximum Gasteiger partial charge on any atom is 0.191 e. The molecule has 0 saturated carbocycles. The van der Waals surface area contributed by atoms with Crippen molar-refractivity contribution in [1.82, 2.24) is 20.4 Å². The van der Waals surface area contributed by atoms with Gasteiger partial charge in [0.25, 0.3) is 0 Å². The van der Waals surface area contributed by atoms with Crippen LogP contribution < -0.4 is 10.6 Å². The Morgan fingerprint density at radius 3 is 2.74 bits per heavy atom. The number of rotatable bonds is 7. The van der Waals surface area contributed by atoms with Gasteiger partial charge < -0.3 is 15.4 Å². The molecule has 0 amide bonds. The molecule has 0 aliphatic carbocycles. The molecule has 7 heteroatoms. The Balaban J connectivity index is 0.00000264. The number of para-hydroxylation sites is 1. The highest BCUT2D eigenvalue weighted by Gasteiger charge is 2.02. The highest BCUT2D eigenvalue weighted by molar-refractivity contribution is 14.0. The normalized spacial score (nSPS) is 11.0. The van der Waals surface area contributed by atoms with E-state index in [0.717, 1.165) is 36.8 Å². The van der Waals surface area contributed by atoms with Crippen LogP contribution in [0.4, 0.5) is 0 Å². The summed E-state index contributed by atoms with van der Waals surface area (Å²) in [5.74, 6) is 0.781. The maximum atomic E-state index is 5.02. The number of methoxy groups -OCH3 is 1. The van der Waals surface area contributed by atoms with Crippen LogP contribution in [0.25, 0.3) is 5.69 Å². The molecule has 0 bridgehead atoms. The van der Waals surface area contributed by atoms with Gasteiger partial charge in [-0.25, -0.2) is 4.68 Å². The van der Waals surface area contributed by atoms with E-state index in [4.69, 9.17) is 4.74 Å². The monoisotopic (exact) mass is 429 g/mol. The van der Waals surface area contributed by atoms with E-state index in [1.807, 2.05) is 47.4 Å². The lowest BCUT2D eigenvalue weighted by Crippen LogP contribution is -2.37. The van der Waals surface area contributed by atoms with E-state index in [0.29, 0.717) is 6.54 Å². The van der Waals surface area contributed by atoms with Crippen LogP contribution in [-0.2, 0) is 11.3 Å². The van der Waals surface area contributed by atoms with Crippen LogP contribution in [0.15, 0.2) is 47.7 Å². The summed E-state index contributed by atoms with van der Waals surface area (Å²) in [5.41, 5.74) is 2.15. The van der Waals surface area contributed by atoms with Gasteiger partial charge in [-0.1, -0.05) is 18.2 Å². The van der Waals surface area contributed by atoms with Crippen molar-refractivity contribution >= 4 is 29.9 Å². The smallest absolute Gasteiger partial charge is 0.191 e. The molecule has 1 aromatic heterocycles. The van der Waals surface area contributed by atoms with E-state index >= 15 is 0 Å². The van der Waals surface area contributed by atoms with Crippen molar-refractivity contribution in [3.8, 4) is 5.69 Å². The zero-order valence-electron chi connectivity index (χ0n) is 13.5. The first-order valence-corrected chi connectivity index (χ1v) is 7.36. The summed E-state index contributed by atoms with van der Waals surface area (Å²) < 4.78 is 6.89. The second kappa shape index (κ2) is 11.0. The minimum atomic E-state index is 0. The van der Waals surface area contributed by atoms with Gasteiger partial charge in [-0.15, -0.1) is 24.0 Å². The van der Waals surface area contributed by atoms with Gasteiger partial charge in [-0.3, -0.25) is 4.99 Å². The number of nitrogens with one attached hydrogen (secondary N) is 2. The fraction of sp³-hybridized carbons (Fsp3) is 0.375. The number of hydrogen-bond donors (Lipinski definition) is 2. The number of nitrogens with zero attached hydrogens (tertiary/aromatic N) is 3. The summed E-state index contributed by atoms with van der Waals surface area (Å²) in [4.78, 5) is 4.19. The predicted octanol–water partition coefficient (Wildman–Crippen LogP) is 2.19. The summed E-state index contributed by atoms with van der Waals surface area (Å²) in [7, 11) is 3.47. The molecule has 1 aromatic carbocycles. The molecule has 0 saturated heterocycles. The van der Waals surface area contributed by atoms with Gasteiger partial charge in [0.15, 0.2) is 5.96 Å². The average Bonchev–Trinajstić information content (AvgIpc) is 3.04. The van der Waals surface area contributed by atoms with Gasteiger partial charge in [0.05, 0.1) is 11.9 Å². The quantitative estimate of drug-likeness (QED) is 0.307. The Labute approximate surface area is 154 Å². The minimum absolute atomic E-state index is 0. The number of guanidine groups is 1. The molecule has 0 radical (unpaired) electrons. The van der Waals surface area contributed by atoms with Crippen LogP contribution in [0.1, 0.15) is 12.0 Å². The van der Waals surface area contributed by atoms with Crippen LogP contribution in [0, 0.1) is 0 Å². The summed E-state index contributed by atoms with van der Waals surface area (Å²) in [6.45, 7) is 2.25. The van der Waals surface area contributed by atoms with Gasteiger partial charge in [0.2, 0.25) is 0 Å². The third-order valence-electron chi connectivity index (χ3n) is 3.16. The zero-order chi connectivity index (χ0) is 15.6. The number of aliphatic imine (C=N–C) groups is 1. The molecular weight excluding hydrogens is 405 g/mol. The van der Waals surface area contributed by atoms with E-state index in [1.54, 1.807) is 14.2 Å². The highest BCUT2D eigenvalue weighted by atomic mass is 127. The summed E-state index contributed by atoms with van der Waals surface area (Å²) in [6, 6.07) is 10.1. The molecule has 2 rings (SSSR count). The Kier molecular flexibility index (Phi) is 9.30. The van der Waals surface area contributed by atoms with E-state index in [-0.39, 0.29) is 24.0 Å². The molecule has 0 unspecified atom stereocenters. The largest absolute Gasteiger partial charge is 0.385 e. The third kappa shape index (κ3) is 6.57. The van der Waals surface area contributed by atoms with Crippen molar-refractivity contribution in [2.75, 3.05) is 27.3 Å². The molecule has 0 atom stereocenters. The zero-order valence-corrected chi connectivity index (χ0v) is 15.9. The van der Waals surface area contributed by atoms with Gasteiger partial charge in [0, 0.05) is 45.6 Å². The number of ether oxygens (including phenoxy) is 1. The lowest BCUT2D eigenvalue weighted by Gasteiger charge is -2.10. The minimum Gasteiger partial charge on any atom is -0.385 e. The molecule has 1 heterocycles. The fourth-order valence-electron chi connectivity index (χ4n) is 2.00. The second-order valence-electron chi connectivity index (χ2n) is 4.83. The van der Waals surface area contributed by atoms with Crippen molar-refractivity contribution in [2.45, 2.75) is 13.0 Å². The second-order valence-corrected chi connectivity index (χ2v) is 4.83. The molecule has 2 N–H and O–H groups in total. The summed E-state index contributed by atoms with van der Waals surface area (Å²) >= 11 is 0. The number of hydrogen-bond acceptors (Lipinski definition) is 3. The van der Waals surface area contributed by atoms with Crippen LogP contribution in [0.5, 0.6) is 0 Å². The van der Waals surface area contributed by atoms with E-state index in [9.17, 15) is 0 Å². The number of aromatic nitrogens is 2. The topological polar surface area (TPSA) is 63.5 Å². The Bertz CT molecular complexity index is 585. The average molecular weight is 429 g/mol. The van der Waals surface area contributed by atoms with Crippen molar-refractivity contribution in [3.63, 3.8) is 0 Å². The Morgan fingerprint density at radius 2 is 2.04 bits per heavy atom. The van der Waals surface area contributed by atoms with Crippen molar-refractivity contribution < 1.29 is 4.74 Å². The molecule has 2 aromatic rings. The molecule has 6 nitrogen and oxygen atoms in total. The van der Waals surface area contributed by atoms with Crippen LogP contribution in [-0.4, -0.2) is 43.0 Å². The van der Waals surface area contributed by atoms with E-state index in [1.165, 1.54) is 0 Å². The molecule has 23 heavy (non-hydrogen) atoms. The van der Waals surface area contributed by atoms with Gasteiger partial charge in [-0.2, -0.15) is 5.10 Å². The maximum absolute atomic E-state index is 5.02. The van der Waals surface area contributed by atoms with Crippen LogP contribution in [0.3, 0.4) is 0 Å². The van der Waals surface area contributed by atoms with E-state index < -0.39 is 0 Å². The predicted molar refractivity (Wildman–Crippen MR) is 104 cm³/mol. The molecule has 0 spiro atoms.